The largest absolute Gasteiger partial charge is 0.308 e. The van der Waals surface area contributed by atoms with Crippen LogP contribution in [0.2, 0.25) is 5.02 Å². The van der Waals surface area contributed by atoms with Crippen LogP contribution in [0.5, 0.6) is 0 Å². The summed E-state index contributed by atoms with van der Waals surface area (Å²) in [7, 11) is 0. The number of nitrogens with zero attached hydrogens (tertiary/aromatic N) is 2. The van der Waals surface area contributed by atoms with Gasteiger partial charge in [-0.25, -0.2) is 0 Å². The number of aromatic nitrogens is 1. The van der Waals surface area contributed by atoms with E-state index in [1.165, 1.54) is 11.3 Å². The Morgan fingerprint density at radius 3 is 2.52 bits per heavy atom. The zero-order valence-corrected chi connectivity index (χ0v) is 19.6. The number of benzene rings is 2. The van der Waals surface area contributed by atoms with Crippen molar-refractivity contribution in [3.8, 4) is 0 Å². The van der Waals surface area contributed by atoms with Crippen molar-refractivity contribution in [1.29, 1.82) is 0 Å². The normalized spacial score (nSPS) is 15.4. The SMILES string of the molecule is Cl.O=C(CN1CCC(Cn2c(=O)sc3cc(Br)ccc32)CC1)c1ccc(Cl)cc1. The highest BCUT2D eigenvalue weighted by Gasteiger charge is 2.23. The molecule has 1 aliphatic heterocycles. The third kappa shape index (κ3) is 5.30. The minimum atomic E-state index is 0. The number of piperidine rings is 1. The second kappa shape index (κ2) is 9.75. The highest BCUT2D eigenvalue weighted by Crippen LogP contribution is 2.25. The predicted octanol–water partition coefficient (Wildman–Crippen LogP) is 5.50. The van der Waals surface area contributed by atoms with Gasteiger partial charge < -0.3 is 0 Å². The highest BCUT2D eigenvalue weighted by molar-refractivity contribution is 9.10. The molecule has 4 rings (SSSR count). The van der Waals surface area contributed by atoms with Crippen LogP contribution in [0, 0.1) is 5.92 Å². The summed E-state index contributed by atoms with van der Waals surface area (Å²) in [6, 6.07) is 13.1. The lowest BCUT2D eigenvalue weighted by molar-refractivity contribution is 0.0890. The van der Waals surface area contributed by atoms with Crippen molar-refractivity contribution in [2.75, 3.05) is 19.6 Å². The summed E-state index contributed by atoms with van der Waals surface area (Å²) in [5.74, 6) is 0.585. The second-order valence-electron chi connectivity index (χ2n) is 7.24. The van der Waals surface area contributed by atoms with Crippen LogP contribution >= 0.6 is 51.3 Å². The van der Waals surface area contributed by atoms with Gasteiger partial charge in [0.25, 0.3) is 0 Å². The first kappa shape index (κ1) is 22.5. The molecule has 29 heavy (non-hydrogen) atoms. The topological polar surface area (TPSA) is 42.3 Å². The first-order chi connectivity index (χ1) is 13.5. The summed E-state index contributed by atoms with van der Waals surface area (Å²) in [6.07, 6.45) is 1.99. The Bertz CT molecular complexity index is 1060. The molecule has 0 aliphatic carbocycles. The Morgan fingerprint density at radius 1 is 1.14 bits per heavy atom. The predicted molar refractivity (Wildman–Crippen MR) is 126 cm³/mol. The van der Waals surface area contributed by atoms with E-state index in [2.05, 4.69) is 20.8 Å². The second-order valence-corrected chi connectivity index (χ2v) is 9.59. The summed E-state index contributed by atoms with van der Waals surface area (Å²) in [4.78, 5) is 27.2. The van der Waals surface area contributed by atoms with Crippen LogP contribution in [0.4, 0.5) is 0 Å². The molecule has 0 saturated carbocycles. The van der Waals surface area contributed by atoms with Gasteiger partial charge in [-0.15, -0.1) is 12.4 Å². The third-order valence-electron chi connectivity index (χ3n) is 5.31. The molecule has 0 atom stereocenters. The lowest BCUT2D eigenvalue weighted by Crippen LogP contribution is -2.38. The number of thiazole rings is 1. The molecule has 8 heteroatoms. The lowest BCUT2D eigenvalue weighted by atomic mass is 9.96. The molecule has 1 saturated heterocycles. The summed E-state index contributed by atoms with van der Waals surface area (Å²) >= 11 is 10.7. The number of carbonyl (C=O) groups excluding carboxylic acids is 1. The number of likely N-dealkylation sites (tertiary alicyclic amines) is 1. The van der Waals surface area contributed by atoms with Crippen LogP contribution in [0.15, 0.2) is 51.7 Å². The van der Waals surface area contributed by atoms with Crippen LogP contribution < -0.4 is 4.87 Å². The van der Waals surface area contributed by atoms with Crippen LogP contribution in [-0.4, -0.2) is 34.9 Å². The Morgan fingerprint density at radius 2 is 1.83 bits per heavy atom. The smallest absolute Gasteiger partial charge is 0.298 e. The fraction of sp³-hybridized carbons (Fsp3) is 0.333. The standard InChI is InChI=1S/C21H20BrClN2O2S.ClH/c22-16-3-6-18-20(11-16)28-21(27)25(18)12-14-7-9-24(10-8-14)13-19(26)15-1-4-17(23)5-2-15;/h1-6,11,14H,7-10,12-13H2;1H. The van der Waals surface area contributed by atoms with Gasteiger partial charge in [0.05, 0.1) is 16.8 Å². The molecule has 1 aliphatic rings. The molecule has 2 heterocycles. The van der Waals surface area contributed by atoms with Crippen molar-refractivity contribution in [2.24, 2.45) is 5.92 Å². The van der Waals surface area contributed by atoms with E-state index in [-0.39, 0.29) is 23.1 Å². The Hall–Kier alpha value is -1.18. The maximum atomic E-state index is 12.4. The van der Waals surface area contributed by atoms with Crippen molar-refractivity contribution in [3.63, 3.8) is 0 Å². The van der Waals surface area contributed by atoms with E-state index in [1.54, 1.807) is 24.3 Å². The van der Waals surface area contributed by atoms with Crippen molar-refractivity contribution < 1.29 is 4.79 Å². The lowest BCUT2D eigenvalue weighted by Gasteiger charge is -2.31. The monoisotopic (exact) mass is 514 g/mol. The van der Waals surface area contributed by atoms with Gasteiger partial charge in [-0.3, -0.25) is 19.1 Å². The first-order valence-electron chi connectivity index (χ1n) is 9.29. The number of fused-ring (bicyclic) bond motifs is 1. The minimum Gasteiger partial charge on any atom is -0.298 e. The Labute approximate surface area is 193 Å². The number of halogens is 3. The molecule has 4 nitrogen and oxygen atoms in total. The van der Waals surface area contributed by atoms with Crippen molar-refractivity contribution in [2.45, 2.75) is 19.4 Å². The molecule has 0 radical (unpaired) electrons. The van der Waals surface area contributed by atoms with Crippen molar-refractivity contribution >= 4 is 67.3 Å². The van der Waals surface area contributed by atoms with E-state index in [4.69, 9.17) is 11.6 Å². The first-order valence-corrected chi connectivity index (χ1v) is 11.3. The van der Waals surface area contributed by atoms with E-state index >= 15 is 0 Å². The van der Waals surface area contributed by atoms with E-state index in [9.17, 15) is 9.59 Å². The molecule has 0 spiro atoms. The molecular formula is C21H21BrCl2N2O2S. The van der Waals surface area contributed by atoms with Gasteiger partial charge in [0.2, 0.25) is 0 Å². The van der Waals surface area contributed by atoms with Crippen molar-refractivity contribution in [1.82, 2.24) is 9.47 Å². The maximum absolute atomic E-state index is 12.4. The fourth-order valence-corrected chi connectivity index (χ4v) is 5.31. The number of ketones is 1. The molecule has 0 N–H and O–H groups in total. The fourth-order valence-electron chi connectivity index (χ4n) is 3.73. The van der Waals surface area contributed by atoms with Crippen LogP contribution in [-0.2, 0) is 6.54 Å². The van der Waals surface area contributed by atoms with Crippen LogP contribution in [0.1, 0.15) is 23.2 Å². The molecule has 0 bridgehead atoms. The average molecular weight is 516 g/mol. The molecule has 2 aromatic carbocycles. The van der Waals surface area contributed by atoms with E-state index in [1.807, 2.05) is 22.8 Å². The van der Waals surface area contributed by atoms with E-state index in [0.29, 0.717) is 23.0 Å². The summed E-state index contributed by atoms with van der Waals surface area (Å²) in [5.41, 5.74) is 1.72. The van der Waals surface area contributed by atoms with Gasteiger partial charge in [-0.2, -0.15) is 0 Å². The summed E-state index contributed by atoms with van der Waals surface area (Å²) in [5, 5.41) is 0.640. The number of hydrogen-bond acceptors (Lipinski definition) is 4. The molecule has 3 aromatic rings. The number of rotatable bonds is 5. The van der Waals surface area contributed by atoms with Crippen LogP contribution in [0.3, 0.4) is 0 Å². The summed E-state index contributed by atoms with van der Waals surface area (Å²) < 4.78 is 3.92. The average Bonchev–Trinajstić information content (AvgIpc) is 2.98. The Balaban J connectivity index is 0.00000240. The van der Waals surface area contributed by atoms with Gasteiger partial charge in [0, 0.05) is 21.6 Å². The van der Waals surface area contributed by atoms with Gasteiger partial charge in [-0.05, 0) is 74.3 Å². The van der Waals surface area contributed by atoms with Crippen LogP contribution in [0.25, 0.3) is 10.2 Å². The quantitative estimate of drug-likeness (QED) is 0.421. The Kier molecular flexibility index (Phi) is 7.57. The van der Waals surface area contributed by atoms with Crippen molar-refractivity contribution in [3.05, 3.63) is 67.2 Å². The molecule has 1 fully saturated rings. The number of carbonyl (C=O) groups is 1. The summed E-state index contributed by atoms with van der Waals surface area (Å²) in [6.45, 7) is 2.95. The molecule has 0 unspecified atom stereocenters. The molecular weight excluding hydrogens is 495 g/mol. The highest BCUT2D eigenvalue weighted by atomic mass is 79.9. The van der Waals surface area contributed by atoms with Gasteiger partial charge >= 0.3 is 4.87 Å². The van der Waals surface area contributed by atoms with Gasteiger partial charge in [0.1, 0.15) is 0 Å². The zero-order chi connectivity index (χ0) is 19.7. The van der Waals surface area contributed by atoms with E-state index < -0.39 is 0 Å². The zero-order valence-electron chi connectivity index (χ0n) is 15.6. The molecule has 0 amide bonds. The van der Waals surface area contributed by atoms with E-state index in [0.717, 1.165) is 47.2 Å². The number of Topliss-reactive ketones (excluding diaryl/α,β-unsaturated/α-hetero) is 1. The van der Waals surface area contributed by atoms with Gasteiger partial charge in [0.15, 0.2) is 5.78 Å². The minimum absolute atomic E-state index is 0. The molecule has 154 valence electrons. The molecule has 1 aromatic heterocycles. The van der Waals surface area contributed by atoms with Gasteiger partial charge in [-0.1, -0.05) is 38.9 Å². The third-order valence-corrected chi connectivity index (χ3v) is 7.00. The maximum Gasteiger partial charge on any atom is 0.308 e. The number of hydrogen-bond donors (Lipinski definition) is 0.